The first kappa shape index (κ1) is 9.92. The van der Waals surface area contributed by atoms with Gasteiger partial charge in [0.2, 0.25) is 0 Å². The Morgan fingerprint density at radius 2 is 1.69 bits per heavy atom. The normalized spacial score (nSPS) is 21.5. The Kier molecular flexibility index (Phi) is 2.26. The number of hydrogen-bond donors (Lipinski definition) is 1. The lowest BCUT2D eigenvalue weighted by molar-refractivity contribution is -0.169. The molecule has 1 heterocycles. The number of imide groups is 1. The van der Waals surface area contributed by atoms with Gasteiger partial charge in [0.1, 0.15) is 5.72 Å². The highest BCUT2D eigenvalue weighted by Gasteiger charge is 2.41. The summed E-state index contributed by atoms with van der Waals surface area (Å²) in [6.45, 7) is 4.96. The SMILES string of the molecule is CC(C)C(C)(O)N1C(=O)C=CC1=O. The average molecular weight is 183 g/mol. The van der Waals surface area contributed by atoms with Crippen molar-refractivity contribution < 1.29 is 14.7 Å². The molecule has 0 aliphatic carbocycles. The third kappa shape index (κ3) is 1.49. The van der Waals surface area contributed by atoms with Crippen molar-refractivity contribution in [3.05, 3.63) is 12.2 Å². The number of carbonyl (C=O) groups is 2. The van der Waals surface area contributed by atoms with Gasteiger partial charge >= 0.3 is 0 Å². The van der Waals surface area contributed by atoms with Crippen molar-refractivity contribution in [3.63, 3.8) is 0 Å². The van der Waals surface area contributed by atoms with Crippen LogP contribution in [0, 0.1) is 5.92 Å². The van der Waals surface area contributed by atoms with Gasteiger partial charge in [-0.25, -0.2) is 4.90 Å². The average Bonchev–Trinajstić information content (AvgIpc) is 2.30. The van der Waals surface area contributed by atoms with Crippen molar-refractivity contribution in [3.8, 4) is 0 Å². The number of carbonyl (C=O) groups excluding carboxylic acids is 2. The van der Waals surface area contributed by atoms with Crippen LogP contribution in [0.15, 0.2) is 12.2 Å². The topological polar surface area (TPSA) is 57.6 Å². The zero-order chi connectivity index (χ0) is 10.2. The Labute approximate surface area is 76.8 Å². The van der Waals surface area contributed by atoms with E-state index in [0.717, 1.165) is 4.90 Å². The van der Waals surface area contributed by atoms with Crippen molar-refractivity contribution in [2.24, 2.45) is 5.92 Å². The molecule has 1 rings (SSSR count). The lowest BCUT2D eigenvalue weighted by Gasteiger charge is -2.35. The summed E-state index contributed by atoms with van der Waals surface area (Å²) < 4.78 is 0. The molecule has 2 amide bonds. The molecular formula is C9H13NO3. The molecule has 0 saturated carbocycles. The Morgan fingerprint density at radius 1 is 1.31 bits per heavy atom. The minimum absolute atomic E-state index is 0.194. The minimum atomic E-state index is -1.41. The van der Waals surface area contributed by atoms with Gasteiger partial charge in [-0.1, -0.05) is 13.8 Å². The molecule has 13 heavy (non-hydrogen) atoms. The summed E-state index contributed by atoms with van der Waals surface area (Å²) in [4.78, 5) is 23.3. The van der Waals surface area contributed by atoms with Crippen molar-refractivity contribution in [2.45, 2.75) is 26.5 Å². The molecule has 1 aliphatic rings. The molecule has 0 aromatic heterocycles. The van der Waals surface area contributed by atoms with E-state index in [0.29, 0.717) is 0 Å². The molecular weight excluding hydrogens is 170 g/mol. The first-order valence-corrected chi connectivity index (χ1v) is 4.16. The van der Waals surface area contributed by atoms with E-state index < -0.39 is 17.5 Å². The highest BCUT2D eigenvalue weighted by molar-refractivity contribution is 6.13. The quantitative estimate of drug-likeness (QED) is 0.625. The van der Waals surface area contributed by atoms with Gasteiger partial charge in [0.25, 0.3) is 11.8 Å². The molecule has 1 N–H and O–H groups in total. The molecule has 1 unspecified atom stereocenters. The molecule has 0 radical (unpaired) electrons. The van der Waals surface area contributed by atoms with Crippen LogP contribution in [0.3, 0.4) is 0 Å². The zero-order valence-electron chi connectivity index (χ0n) is 7.94. The van der Waals surface area contributed by atoms with Gasteiger partial charge < -0.3 is 5.11 Å². The fourth-order valence-electron chi connectivity index (χ4n) is 1.10. The first-order valence-electron chi connectivity index (χ1n) is 4.16. The van der Waals surface area contributed by atoms with Crippen molar-refractivity contribution in [1.82, 2.24) is 4.90 Å². The van der Waals surface area contributed by atoms with E-state index in [-0.39, 0.29) is 5.92 Å². The molecule has 0 saturated heterocycles. The second-order valence-electron chi connectivity index (χ2n) is 3.59. The van der Waals surface area contributed by atoms with Crippen LogP contribution >= 0.6 is 0 Å². The predicted molar refractivity (Wildman–Crippen MR) is 46.5 cm³/mol. The predicted octanol–water partition coefficient (Wildman–Crippen LogP) is 0.276. The summed E-state index contributed by atoms with van der Waals surface area (Å²) in [6.07, 6.45) is 2.33. The van der Waals surface area contributed by atoms with E-state index in [1.54, 1.807) is 13.8 Å². The molecule has 0 aromatic rings. The molecule has 72 valence electrons. The minimum Gasteiger partial charge on any atom is -0.370 e. The summed E-state index contributed by atoms with van der Waals surface area (Å²) >= 11 is 0. The van der Waals surface area contributed by atoms with E-state index in [4.69, 9.17) is 0 Å². The fraction of sp³-hybridized carbons (Fsp3) is 0.556. The van der Waals surface area contributed by atoms with Crippen LogP contribution in [0.1, 0.15) is 20.8 Å². The number of amides is 2. The molecule has 1 aliphatic heterocycles. The van der Waals surface area contributed by atoms with Crippen LogP contribution in [0.5, 0.6) is 0 Å². The van der Waals surface area contributed by atoms with Crippen LogP contribution in [0.25, 0.3) is 0 Å². The van der Waals surface area contributed by atoms with Gasteiger partial charge in [-0.3, -0.25) is 9.59 Å². The molecule has 0 spiro atoms. The maximum atomic E-state index is 11.2. The lowest BCUT2D eigenvalue weighted by atomic mass is 10.00. The van der Waals surface area contributed by atoms with Crippen molar-refractivity contribution in [1.29, 1.82) is 0 Å². The number of hydrogen-bond acceptors (Lipinski definition) is 3. The second-order valence-corrected chi connectivity index (χ2v) is 3.59. The van der Waals surface area contributed by atoms with E-state index in [2.05, 4.69) is 0 Å². The third-order valence-electron chi connectivity index (χ3n) is 2.36. The summed E-state index contributed by atoms with van der Waals surface area (Å²) in [5, 5.41) is 9.88. The summed E-state index contributed by atoms with van der Waals surface area (Å²) in [6, 6.07) is 0. The van der Waals surface area contributed by atoms with Gasteiger partial charge in [-0.05, 0) is 6.92 Å². The van der Waals surface area contributed by atoms with E-state index in [9.17, 15) is 14.7 Å². The fourth-order valence-corrected chi connectivity index (χ4v) is 1.10. The maximum absolute atomic E-state index is 11.2. The Morgan fingerprint density at radius 3 is 2.00 bits per heavy atom. The third-order valence-corrected chi connectivity index (χ3v) is 2.36. The van der Waals surface area contributed by atoms with Crippen LogP contribution in [0.2, 0.25) is 0 Å². The summed E-state index contributed by atoms with van der Waals surface area (Å²) in [5.41, 5.74) is -1.41. The molecule has 4 heteroatoms. The Hall–Kier alpha value is -1.16. The smallest absolute Gasteiger partial charge is 0.255 e. The summed E-state index contributed by atoms with van der Waals surface area (Å²) in [7, 11) is 0. The first-order chi connectivity index (χ1) is 5.87. The van der Waals surface area contributed by atoms with Crippen LogP contribution in [-0.2, 0) is 9.59 Å². The second kappa shape index (κ2) is 2.96. The standard InChI is InChI=1S/C9H13NO3/c1-6(2)9(3,13)10-7(11)4-5-8(10)12/h4-6,13H,1-3H3. The van der Waals surface area contributed by atoms with Gasteiger partial charge in [0.15, 0.2) is 0 Å². The molecule has 1 atom stereocenters. The van der Waals surface area contributed by atoms with Crippen LogP contribution < -0.4 is 0 Å². The van der Waals surface area contributed by atoms with Crippen molar-refractivity contribution in [2.75, 3.05) is 0 Å². The molecule has 0 bridgehead atoms. The summed E-state index contributed by atoms with van der Waals surface area (Å²) in [5.74, 6) is -1.10. The van der Waals surface area contributed by atoms with E-state index in [1.165, 1.54) is 19.1 Å². The highest BCUT2D eigenvalue weighted by atomic mass is 16.3. The monoisotopic (exact) mass is 183 g/mol. The van der Waals surface area contributed by atoms with E-state index in [1.807, 2.05) is 0 Å². The van der Waals surface area contributed by atoms with Gasteiger partial charge in [-0.15, -0.1) is 0 Å². The largest absolute Gasteiger partial charge is 0.370 e. The number of aliphatic hydroxyl groups is 1. The molecule has 0 aromatic carbocycles. The Balaban J connectivity index is 2.95. The van der Waals surface area contributed by atoms with Gasteiger partial charge in [-0.2, -0.15) is 0 Å². The van der Waals surface area contributed by atoms with Gasteiger partial charge in [0, 0.05) is 18.1 Å². The van der Waals surface area contributed by atoms with E-state index >= 15 is 0 Å². The lowest BCUT2D eigenvalue weighted by Crippen LogP contribution is -2.53. The highest BCUT2D eigenvalue weighted by Crippen LogP contribution is 2.24. The maximum Gasteiger partial charge on any atom is 0.255 e. The Bertz CT molecular complexity index is 261. The zero-order valence-corrected chi connectivity index (χ0v) is 7.94. The molecule has 0 fully saturated rings. The molecule has 4 nitrogen and oxygen atoms in total. The number of rotatable bonds is 2. The van der Waals surface area contributed by atoms with Gasteiger partial charge in [0.05, 0.1) is 0 Å². The van der Waals surface area contributed by atoms with Crippen LogP contribution in [-0.4, -0.2) is 27.5 Å². The van der Waals surface area contributed by atoms with Crippen molar-refractivity contribution >= 4 is 11.8 Å². The van der Waals surface area contributed by atoms with Crippen LogP contribution in [0.4, 0.5) is 0 Å². The number of nitrogens with zero attached hydrogens (tertiary/aromatic N) is 1.